The first kappa shape index (κ1) is 26.0. The summed E-state index contributed by atoms with van der Waals surface area (Å²) in [5.41, 5.74) is 4.05. The second-order valence-electron chi connectivity index (χ2n) is 8.02. The van der Waals surface area contributed by atoms with Gasteiger partial charge in [-0.2, -0.15) is 0 Å². The van der Waals surface area contributed by atoms with Crippen LogP contribution in [-0.4, -0.2) is 46.5 Å². The molecule has 1 aliphatic rings. The molecule has 1 aromatic heterocycles. The number of carbonyl (C=O) groups excluding carboxylic acids is 4. The number of amides is 3. The van der Waals surface area contributed by atoms with E-state index in [1.807, 2.05) is 23.6 Å². The number of hydrogen-bond donors (Lipinski definition) is 2. The minimum absolute atomic E-state index is 0.0762. The lowest BCUT2D eigenvalue weighted by molar-refractivity contribution is -0.128. The van der Waals surface area contributed by atoms with Crippen LogP contribution < -0.4 is 15.6 Å². The van der Waals surface area contributed by atoms with Gasteiger partial charge in [0.1, 0.15) is 6.04 Å². The van der Waals surface area contributed by atoms with Crippen LogP contribution in [0.4, 0.5) is 11.4 Å². The van der Waals surface area contributed by atoms with Gasteiger partial charge in [0.2, 0.25) is 16.9 Å². The van der Waals surface area contributed by atoms with Gasteiger partial charge in [-0.1, -0.05) is 24.3 Å². The Morgan fingerprint density at radius 2 is 1.73 bits per heavy atom. The van der Waals surface area contributed by atoms with E-state index in [0.29, 0.717) is 16.9 Å². The summed E-state index contributed by atoms with van der Waals surface area (Å²) in [5, 5.41) is 5.95. The molecule has 37 heavy (non-hydrogen) atoms. The minimum Gasteiger partial charge on any atom is -0.462 e. The zero-order valence-electron chi connectivity index (χ0n) is 19.9. The van der Waals surface area contributed by atoms with Crippen LogP contribution in [0, 0.1) is 0 Å². The molecule has 2 aromatic carbocycles. The molecule has 1 saturated heterocycles. The minimum atomic E-state index is -1.04. The molecule has 11 heteroatoms. The fourth-order valence-electron chi connectivity index (χ4n) is 3.75. The summed E-state index contributed by atoms with van der Waals surface area (Å²) in [5.74, 6) is -1.70. The van der Waals surface area contributed by atoms with Crippen molar-refractivity contribution in [3.05, 3.63) is 82.6 Å². The molecule has 0 radical (unpaired) electrons. The van der Waals surface area contributed by atoms with Crippen LogP contribution in [0.1, 0.15) is 28.6 Å². The van der Waals surface area contributed by atoms with Crippen molar-refractivity contribution in [1.29, 1.82) is 0 Å². The number of esters is 1. The van der Waals surface area contributed by atoms with E-state index in [1.165, 1.54) is 33.4 Å². The molecule has 0 saturated carbocycles. The summed E-state index contributed by atoms with van der Waals surface area (Å²) < 4.78 is 4.96. The molecule has 2 heterocycles. The fourth-order valence-corrected chi connectivity index (χ4v) is 4.82. The van der Waals surface area contributed by atoms with Crippen molar-refractivity contribution >= 4 is 63.7 Å². The number of hydrogen-bond acceptors (Lipinski definition) is 7. The fraction of sp³-hybridized carbons (Fsp3) is 0.192. The molecule has 1 unspecified atom stereocenters. The first-order valence-corrected chi connectivity index (χ1v) is 12.8. The quantitative estimate of drug-likeness (QED) is 0.318. The lowest BCUT2D eigenvalue weighted by atomic mass is 10.1. The van der Waals surface area contributed by atoms with Gasteiger partial charge in [0, 0.05) is 10.6 Å². The normalized spacial score (nSPS) is 15.0. The van der Waals surface area contributed by atoms with E-state index in [0.717, 1.165) is 4.88 Å². The van der Waals surface area contributed by atoms with E-state index in [-0.39, 0.29) is 30.5 Å². The molecule has 3 amide bonds. The number of carbonyl (C=O) groups is 4. The number of hydrazine groups is 1. The van der Waals surface area contributed by atoms with Crippen LogP contribution in [0.15, 0.2) is 72.1 Å². The van der Waals surface area contributed by atoms with Crippen LogP contribution in [0.5, 0.6) is 0 Å². The predicted octanol–water partition coefficient (Wildman–Crippen LogP) is 3.53. The van der Waals surface area contributed by atoms with Crippen molar-refractivity contribution in [3.63, 3.8) is 0 Å². The number of para-hydroxylation sites is 1. The van der Waals surface area contributed by atoms with Crippen molar-refractivity contribution in [3.8, 4) is 0 Å². The molecule has 9 nitrogen and oxygen atoms in total. The zero-order chi connectivity index (χ0) is 26.4. The molecule has 4 rings (SSSR count). The molecular formula is C26H24N4O5S2. The maximum Gasteiger partial charge on any atom is 0.338 e. The van der Waals surface area contributed by atoms with Crippen molar-refractivity contribution in [1.82, 2.24) is 10.4 Å². The second-order valence-corrected chi connectivity index (χ2v) is 9.42. The van der Waals surface area contributed by atoms with Crippen molar-refractivity contribution in [2.75, 3.05) is 16.8 Å². The molecule has 0 bridgehead atoms. The zero-order valence-corrected chi connectivity index (χ0v) is 21.5. The van der Waals surface area contributed by atoms with Gasteiger partial charge < -0.3 is 10.1 Å². The molecule has 1 fully saturated rings. The Hall–Kier alpha value is -4.09. The lowest BCUT2D eigenvalue weighted by Gasteiger charge is -2.24. The molecule has 0 aliphatic carbocycles. The van der Waals surface area contributed by atoms with Gasteiger partial charge in [-0.3, -0.25) is 24.7 Å². The highest BCUT2D eigenvalue weighted by Gasteiger charge is 2.45. The Balaban J connectivity index is 1.49. The maximum atomic E-state index is 13.4. The van der Waals surface area contributed by atoms with E-state index in [9.17, 15) is 19.2 Å². The first-order valence-electron chi connectivity index (χ1n) is 11.5. The number of anilines is 2. The maximum absolute atomic E-state index is 13.4. The monoisotopic (exact) mass is 536 g/mol. The third-order valence-corrected chi connectivity index (χ3v) is 6.70. The molecule has 1 atom stereocenters. The van der Waals surface area contributed by atoms with Gasteiger partial charge in [0.05, 0.1) is 30.7 Å². The number of nitrogens with one attached hydrogen (secondary N) is 2. The third kappa shape index (κ3) is 6.19. The number of nitrogens with zero attached hydrogens (tertiary/aromatic N) is 2. The van der Waals surface area contributed by atoms with E-state index in [2.05, 4.69) is 10.7 Å². The Labute approximate surface area is 223 Å². The number of thiophene rings is 1. The topological polar surface area (TPSA) is 108 Å². The van der Waals surface area contributed by atoms with Gasteiger partial charge >= 0.3 is 5.97 Å². The van der Waals surface area contributed by atoms with Crippen LogP contribution in [0.3, 0.4) is 0 Å². The Bertz CT molecular complexity index is 1300. The molecule has 0 spiro atoms. The molecule has 190 valence electrons. The van der Waals surface area contributed by atoms with Gasteiger partial charge in [0.15, 0.2) is 0 Å². The average Bonchev–Trinajstić information content (AvgIpc) is 3.47. The third-order valence-electron chi connectivity index (χ3n) is 5.45. The second kappa shape index (κ2) is 11.8. The Morgan fingerprint density at radius 1 is 1.00 bits per heavy atom. The molecule has 1 aliphatic heterocycles. The summed E-state index contributed by atoms with van der Waals surface area (Å²) in [6.07, 6.45) is -0.150. The van der Waals surface area contributed by atoms with Crippen molar-refractivity contribution < 1.29 is 23.9 Å². The van der Waals surface area contributed by atoms with E-state index >= 15 is 0 Å². The number of thiocarbonyl (C=S) groups is 1. The highest BCUT2D eigenvalue weighted by molar-refractivity contribution is 7.80. The SMILES string of the molecule is CCOC(=O)c1ccc(NC(=O)CC2C(=O)N(c3ccccc3)C(=S)N2NC(=O)Cc2cccs2)cc1. The van der Waals surface area contributed by atoms with E-state index < -0.39 is 23.8 Å². The summed E-state index contributed by atoms with van der Waals surface area (Å²) in [6.45, 7) is 1.98. The number of benzene rings is 2. The van der Waals surface area contributed by atoms with Gasteiger partial charge in [0.25, 0.3) is 5.91 Å². The summed E-state index contributed by atoms with van der Waals surface area (Å²) >= 11 is 6.99. The number of ether oxygens (including phenoxy) is 1. The molecule has 3 aromatic rings. The van der Waals surface area contributed by atoms with Gasteiger partial charge in [-0.05, 0) is 67.0 Å². The molecule has 2 N–H and O–H groups in total. The lowest BCUT2D eigenvalue weighted by Crippen LogP contribution is -2.50. The number of rotatable bonds is 9. The van der Waals surface area contributed by atoms with E-state index in [4.69, 9.17) is 17.0 Å². The van der Waals surface area contributed by atoms with Crippen LogP contribution >= 0.6 is 23.6 Å². The highest BCUT2D eigenvalue weighted by atomic mass is 32.1. The standard InChI is InChI=1S/C26H24N4O5S2/c1-2-35-25(34)17-10-12-18(13-11-17)27-22(31)16-21-24(33)29(19-7-4-3-5-8-19)26(36)30(21)28-23(32)15-20-9-6-14-37-20/h3-14,21H,2,15-16H2,1H3,(H,27,31)(H,28,32). The summed E-state index contributed by atoms with van der Waals surface area (Å²) in [6, 6.07) is 17.7. The highest BCUT2D eigenvalue weighted by Crippen LogP contribution is 2.26. The average molecular weight is 537 g/mol. The van der Waals surface area contributed by atoms with Gasteiger partial charge in [-0.15, -0.1) is 11.3 Å². The first-order chi connectivity index (χ1) is 17.9. The van der Waals surface area contributed by atoms with Crippen molar-refractivity contribution in [2.45, 2.75) is 25.8 Å². The smallest absolute Gasteiger partial charge is 0.338 e. The predicted molar refractivity (Wildman–Crippen MR) is 144 cm³/mol. The Kier molecular flexibility index (Phi) is 8.26. The van der Waals surface area contributed by atoms with Crippen molar-refractivity contribution in [2.24, 2.45) is 0 Å². The summed E-state index contributed by atoms with van der Waals surface area (Å²) in [7, 11) is 0. The van der Waals surface area contributed by atoms with Crippen LogP contribution in [-0.2, 0) is 25.5 Å². The largest absolute Gasteiger partial charge is 0.462 e. The van der Waals surface area contributed by atoms with Crippen LogP contribution in [0.2, 0.25) is 0 Å². The molecular weight excluding hydrogens is 512 g/mol. The Morgan fingerprint density at radius 3 is 2.38 bits per heavy atom. The van der Waals surface area contributed by atoms with E-state index in [1.54, 1.807) is 43.3 Å². The summed E-state index contributed by atoms with van der Waals surface area (Å²) in [4.78, 5) is 53.1. The van der Waals surface area contributed by atoms with Gasteiger partial charge in [-0.25, -0.2) is 9.80 Å². The van der Waals surface area contributed by atoms with Crippen LogP contribution in [0.25, 0.3) is 0 Å².